The van der Waals surface area contributed by atoms with E-state index in [0.29, 0.717) is 4.77 Å². The van der Waals surface area contributed by atoms with Gasteiger partial charge in [0, 0.05) is 13.5 Å². The highest BCUT2D eigenvalue weighted by Gasteiger charge is 2.07. The Morgan fingerprint density at radius 1 is 1.69 bits per heavy atom. The van der Waals surface area contributed by atoms with E-state index in [1.54, 1.807) is 7.11 Å². The Balaban J connectivity index is 2.85. The third-order valence-corrected chi connectivity index (χ3v) is 2.31. The lowest BCUT2D eigenvalue weighted by molar-refractivity contribution is 0.102. The van der Waals surface area contributed by atoms with Crippen molar-refractivity contribution in [2.75, 3.05) is 7.11 Å². The van der Waals surface area contributed by atoms with Crippen LogP contribution >= 0.6 is 12.2 Å². The number of H-pyrrole nitrogens is 1. The molecule has 1 aromatic rings. The molecule has 0 aromatic carbocycles. The number of rotatable bonds is 4. The topological polar surface area (TPSA) is 42.8 Å². The van der Waals surface area contributed by atoms with Crippen molar-refractivity contribution in [1.29, 1.82) is 0 Å². The summed E-state index contributed by atoms with van der Waals surface area (Å²) in [5.74, 6) is 0.980. The van der Waals surface area contributed by atoms with Crippen molar-refractivity contribution in [1.82, 2.24) is 14.8 Å². The summed E-state index contributed by atoms with van der Waals surface area (Å²) in [4.78, 5) is 0. The van der Waals surface area contributed by atoms with Crippen LogP contribution in [0.15, 0.2) is 0 Å². The van der Waals surface area contributed by atoms with E-state index >= 15 is 0 Å². The van der Waals surface area contributed by atoms with Gasteiger partial charge in [-0.2, -0.15) is 5.10 Å². The number of hydrogen-bond donors (Lipinski definition) is 1. The highest BCUT2D eigenvalue weighted by atomic mass is 32.1. The van der Waals surface area contributed by atoms with Gasteiger partial charge in [-0.25, -0.2) is 0 Å². The van der Waals surface area contributed by atoms with E-state index in [2.05, 4.69) is 17.1 Å². The first-order valence-corrected chi connectivity index (χ1v) is 4.76. The van der Waals surface area contributed by atoms with E-state index in [1.165, 1.54) is 0 Å². The van der Waals surface area contributed by atoms with E-state index < -0.39 is 0 Å². The number of aromatic nitrogens is 3. The van der Waals surface area contributed by atoms with Crippen LogP contribution in [0, 0.1) is 4.77 Å². The molecule has 0 radical (unpaired) electrons. The highest BCUT2D eigenvalue weighted by molar-refractivity contribution is 7.71. The van der Waals surface area contributed by atoms with E-state index in [0.717, 1.165) is 18.8 Å². The third-order valence-electron chi connectivity index (χ3n) is 2.00. The SMILES string of the molecule is CCc1n[nH]c(=S)n1CC(C)OC. The predicted molar refractivity (Wildman–Crippen MR) is 53.3 cm³/mol. The summed E-state index contributed by atoms with van der Waals surface area (Å²) in [5, 5.41) is 6.89. The van der Waals surface area contributed by atoms with Gasteiger partial charge in [0.2, 0.25) is 0 Å². The number of nitrogens with one attached hydrogen (secondary N) is 1. The zero-order valence-corrected chi connectivity index (χ0v) is 9.02. The largest absolute Gasteiger partial charge is 0.380 e. The molecule has 0 bridgehead atoms. The van der Waals surface area contributed by atoms with Crippen molar-refractivity contribution >= 4 is 12.2 Å². The van der Waals surface area contributed by atoms with Crippen LogP contribution in [0.25, 0.3) is 0 Å². The molecule has 0 saturated carbocycles. The molecule has 1 unspecified atom stereocenters. The van der Waals surface area contributed by atoms with Gasteiger partial charge in [-0.1, -0.05) is 6.92 Å². The predicted octanol–water partition coefficient (Wildman–Crippen LogP) is 1.54. The van der Waals surface area contributed by atoms with Crippen LogP contribution in [0.5, 0.6) is 0 Å². The molecule has 0 aliphatic heterocycles. The van der Waals surface area contributed by atoms with Gasteiger partial charge in [0.25, 0.3) is 0 Å². The van der Waals surface area contributed by atoms with Crippen LogP contribution in [0.1, 0.15) is 19.7 Å². The normalized spacial score (nSPS) is 13.2. The lowest BCUT2D eigenvalue weighted by Crippen LogP contribution is -2.16. The molecular weight excluding hydrogens is 186 g/mol. The second-order valence-corrected chi connectivity index (χ2v) is 3.34. The minimum atomic E-state index is 0.162. The molecule has 0 fully saturated rings. The smallest absolute Gasteiger partial charge is 0.195 e. The van der Waals surface area contributed by atoms with Crippen LogP contribution in [0.2, 0.25) is 0 Å². The maximum absolute atomic E-state index is 5.17. The average molecular weight is 201 g/mol. The fourth-order valence-electron chi connectivity index (χ4n) is 1.14. The first-order chi connectivity index (χ1) is 6.19. The van der Waals surface area contributed by atoms with Gasteiger partial charge in [-0.3, -0.25) is 5.10 Å². The van der Waals surface area contributed by atoms with Gasteiger partial charge in [0.05, 0.1) is 12.6 Å². The van der Waals surface area contributed by atoms with Crippen LogP contribution in [0.4, 0.5) is 0 Å². The second-order valence-electron chi connectivity index (χ2n) is 2.96. The number of aromatic amines is 1. The van der Waals surface area contributed by atoms with Gasteiger partial charge >= 0.3 is 0 Å². The van der Waals surface area contributed by atoms with Gasteiger partial charge < -0.3 is 9.30 Å². The van der Waals surface area contributed by atoms with Crippen molar-refractivity contribution in [3.05, 3.63) is 10.6 Å². The molecule has 1 rings (SSSR count). The number of aryl methyl sites for hydroxylation is 1. The average Bonchev–Trinajstić information content (AvgIpc) is 2.48. The molecule has 0 spiro atoms. The van der Waals surface area contributed by atoms with Crippen molar-refractivity contribution in [3.63, 3.8) is 0 Å². The Kier molecular flexibility index (Phi) is 3.62. The fraction of sp³-hybridized carbons (Fsp3) is 0.750. The third kappa shape index (κ3) is 2.38. The molecule has 4 nitrogen and oxygen atoms in total. The zero-order chi connectivity index (χ0) is 9.84. The molecule has 0 aliphatic rings. The maximum atomic E-state index is 5.17. The molecule has 74 valence electrons. The minimum Gasteiger partial charge on any atom is -0.380 e. The summed E-state index contributed by atoms with van der Waals surface area (Å²) < 4.78 is 7.81. The van der Waals surface area contributed by atoms with Gasteiger partial charge in [0.15, 0.2) is 4.77 Å². The molecule has 0 amide bonds. The summed E-state index contributed by atoms with van der Waals surface area (Å²) in [7, 11) is 1.69. The summed E-state index contributed by atoms with van der Waals surface area (Å²) >= 11 is 5.09. The molecule has 1 heterocycles. The number of methoxy groups -OCH3 is 1. The Morgan fingerprint density at radius 3 is 2.92 bits per heavy atom. The van der Waals surface area contributed by atoms with Crippen molar-refractivity contribution in [2.24, 2.45) is 0 Å². The number of hydrogen-bond acceptors (Lipinski definition) is 3. The van der Waals surface area contributed by atoms with Gasteiger partial charge in [-0.15, -0.1) is 0 Å². The van der Waals surface area contributed by atoms with E-state index in [4.69, 9.17) is 17.0 Å². The highest BCUT2D eigenvalue weighted by Crippen LogP contribution is 2.02. The van der Waals surface area contributed by atoms with Crippen LogP contribution in [0.3, 0.4) is 0 Å². The Labute approximate surface area is 82.9 Å². The first-order valence-electron chi connectivity index (χ1n) is 4.35. The van der Waals surface area contributed by atoms with E-state index in [9.17, 15) is 0 Å². The van der Waals surface area contributed by atoms with E-state index in [1.807, 2.05) is 11.5 Å². The van der Waals surface area contributed by atoms with Crippen molar-refractivity contribution < 1.29 is 4.74 Å². The Bertz CT molecular complexity index is 317. The van der Waals surface area contributed by atoms with Crippen molar-refractivity contribution in [3.8, 4) is 0 Å². The molecular formula is C8H15N3OS. The lowest BCUT2D eigenvalue weighted by Gasteiger charge is -2.11. The lowest BCUT2D eigenvalue weighted by atomic mass is 10.4. The molecule has 1 N–H and O–H groups in total. The van der Waals surface area contributed by atoms with Crippen LogP contribution < -0.4 is 0 Å². The zero-order valence-electron chi connectivity index (χ0n) is 8.20. The summed E-state index contributed by atoms with van der Waals surface area (Å²) in [6.45, 7) is 4.82. The molecule has 1 atom stereocenters. The second kappa shape index (κ2) is 4.53. The monoisotopic (exact) mass is 201 g/mol. The minimum absolute atomic E-state index is 0.162. The standard InChI is InChI=1S/C8H15N3OS/c1-4-7-9-10-8(13)11(7)5-6(2)12-3/h6H,4-5H2,1-3H3,(H,10,13). The summed E-state index contributed by atoms with van der Waals surface area (Å²) in [6, 6.07) is 0. The molecule has 5 heteroatoms. The molecule has 0 aliphatic carbocycles. The maximum Gasteiger partial charge on any atom is 0.195 e. The van der Waals surface area contributed by atoms with Crippen molar-refractivity contribution in [2.45, 2.75) is 32.9 Å². The number of ether oxygens (including phenoxy) is 1. The van der Waals surface area contributed by atoms with E-state index in [-0.39, 0.29) is 6.10 Å². The summed E-state index contributed by atoms with van der Waals surface area (Å²) in [6.07, 6.45) is 1.04. The quantitative estimate of drug-likeness (QED) is 0.751. The Morgan fingerprint density at radius 2 is 2.38 bits per heavy atom. The van der Waals surface area contributed by atoms with Crippen LogP contribution in [-0.2, 0) is 17.7 Å². The van der Waals surface area contributed by atoms with Crippen LogP contribution in [-0.4, -0.2) is 28.0 Å². The van der Waals surface area contributed by atoms with Gasteiger partial charge in [-0.05, 0) is 19.1 Å². The number of nitrogens with zero attached hydrogens (tertiary/aromatic N) is 2. The molecule has 0 saturated heterocycles. The first kappa shape index (κ1) is 10.4. The summed E-state index contributed by atoms with van der Waals surface area (Å²) in [5.41, 5.74) is 0. The van der Waals surface area contributed by atoms with Gasteiger partial charge in [0.1, 0.15) is 5.82 Å². The Hall–Kier alpha value is -0.680. The fourth-order valence-corrected chi connectivity index (χ4v) is 1.37. The molecule has 1 aromatic heterocycles. The molecule has 13 heavy (non-hydrogen) atoms.